The summed E-state index contributed by atoms with van der Waals surface area (Å²) in [5.41, 5.74) is 1.95. The molecule has 23 heavy (non-hydrogen) atoms. The Morgan fingerprint density at radius 3 is 2.48 bits per heavy atom. The molecule has 0 unspecified atom stereocenters. The zero-order chi connectivity index (χ0) is 17.1. The molecule has 0 saturated carbocycles. The van der Waals surface area contributed by atoms with E-state index in [2.05, 4.69) is 14.2 Å². The molecule has 122 valence electrons. The monoisotopic (exact) mass is 318 g/mol. The van der Waals surface area contributed by atoms with Crippen LogP contribution in [0.2, 0.25) is 0 Å². The van der Waals surface area contributed by atoms with Gasteiger partial charge >= 0.3 is 18.3 Å². The van der Waals surface area contributed by atoms with E-state index < -0.39 is 18.3 Å². The topological polar surface area (TPSA) is 82.1 Å². The third-order valence-electron chi connectivity index (χ3n) is 2.42. The molecule has 0 heterocycles. The van der Waals surface area contributed by atoms with Crippen LogP contribution in [-0.4, -0.2) is 24.0 Å². The molecule has 1 N–H and O–H groups in total. The van der Waals surface area contributed by atoms with Crippen molar-refractivity contribution in [3.63, 3.8) is 0 Å². The quantitative estimate of drug-likeness (QED) is 0.477. The molecule has 0 aliphatic rings. The molecule has 0 aliphatic heterocycles. The van der Waals surface area contributed by atoms with Crippen molar-refractivity contribution in [3.8, 4) is 0 Å². The smallest absolute Gasteiger partial charge is 0.449 e. The zero-order valence-electron chi connectivity index (χ0n) is 12.9. The standard InChI is InChI=1S/C17H18O6/c1-3-21-17(20)23-15(22-16(18)19)11-7-8-13(2)12-14-9-5-4-6-10-14/h4-12H,3H2,1-2H3,(H,18,19). The van der Waals surface area contributed by atoms with E-state index >= 15 is 0 Å². The number of hydrogen-bond donors (Lipinski definition) is 1. The largest absolute Gasteiger partial charge is 0.516 e. The first kappa shape index (κ1) is 18.0. The fourth-order valence-corrected chi connectivity index (χ4v) is 1.54. The van der Waals surface area contributed by atoms with Crippen molar-refractivity contribution in [2.75, 3.05) is 6.61 Å². The molecular weight excluding hydrogens is 300 g/mol. The molecule has 6 heteroatoms. The van der Waals surface area contributed by atoms with Crippen LogP contribution in [0.5, 0.6) is 0 Å². The van der Waals surface area contributed by atoms with Crippen LogP contribution in [0.4, 0.5) is 9.59 Å². The van der Waals surface area contributed by atoms with E-state index in [4.69, 9.17) is 5.11 Å². The van der Waals surface area contributed by atoms with Gasteiger partial charge in [-0.1, -0.05) is 54.1 Å². The highest BCUT2D eigenvalue weighted by Gasteiger charge is 2.11. The van der Waals surface area contributed by atoms with Crippen LogP contribution in [0.25, 0.3) is 6.08 Å². The lowest BCUT2D eigenvalue weighted by molar-refractivity contribution is 0.0269. The second kappa shape index (κ2) is 9.83. The number of carbonyl (C=O) groups is 2. The van der Waals surface area contributed by atoms with Gasteiger partial charge in [-0.25, -0.2) is 9.59 Å². The van der Waals surface area contributed by atoms with Gasteiger partial charge in [-0.05, 0) is 19.4 Å². The van der Waals surface area contributed by atoms with Crippen LogP contribution in [0.15, 0.2) is 60.1 Å². The SMILES string of the molecule is CCOC(=O)OC(=CC=CC(C)=Cc1ccccc1)OC(=O)O. The molecule has 0 atom stereocenters. The lowest BCUT2D eigenvalue weighted by atomic mass is 10.1. The van der Waals surface area contributed by atoms with Crippen LogP contribution in [0.1, 0.15) is 19.4 Å². The molecule has 1 aromatic rings. The van der Waals surface area contributed by atoms with Crippen molar-refractivity contribution in [2.24, 2.45) is 0 Å². The molecular formula is C17H18O6. The molecule has 0 aromatic heterocycles. The van der Waals surface area contributed by atoms with Gasteiger partial charge < -0.3 is 19.3 Å². The Kier molecular flexibility index (Phi) is 7.71. The predicted molar refractivity (Wildman–Crippen MR) is 84.5 cm³/mol. The van der Waals surface area contributed by atoms with E-state index in [0.717, 1.165) is 11.1 Å². The highest BCUT2D eigenvalue weighted by Crippen LogP contribution is 2.08. The minimum absolute atomic E-state index is 0.105. The van der Waals surface area contributed by atoms with Crippen LogP contribution >= 0.6 is 0 Å². The van der Waals surface area contributed by atoms with Crippen LogP contribution < -0.4 is 0 Å². The fourth-order valence-electron chi connectivity index (χ4n) is 1.54. The van der Waals surface area contributed by atoms with Gasteiger partial charge in [-0.3, -0.25) is 0 Å². The molecule has 0 fully saturated rings. The Bertz CT molecular complexity index is 613. The number of rotatable bonds is 6. The van der Waals surface area contributed by atoms with Gasteiger partial charge in [-0.2, -0.15) is 0 Å². The number of carboxylic acid groups (broad SMARTS) is 1. The summed E-state index contributed by atoms with van der Waals surface area (Å²) >= 11 is 0. The summed E-state index contributed by atoms with van der Waals surface area (Å²) in [6.45, 7) is 3.58. The third kappa shape index (κ3) is 8.11. The van der Waals surface area contributed by atoms with Gasteiger partial charge in [0.1, 0.15) is 0 Å². The van der Waals surface area contributed by atoms with Crippen molar-refractivity contribution in [2.45, 2.75) is 13.8 Å². The van der Waals surface area contributed by atoms with E-state index in [1.807, 2.05) is 43.3 Å². The van der Waals surface area contributed by atoms with Gasteiger partial charge in [0.2, 0.25) is 0 Å². The van der Waals surface area contributed by atoms with Gasteiger partial charge in [0.25, 0.3) is 0 Å². The summed E-state index contributed by atoms with van der Waals surface area (Å²) < 4.78 is 13.5. The van der Waals surface area contributed by atoms with Crippen molar-refractivity contribution in [1.82, 2.24) is 0 Å². The molecule has 0 amide bonds. The van der Waals surface area contributed by atoms with E-state index in [-0.39, 0.29) is 6.61 Å². The maximum Gasteiger partial charge on any atom is 0.516 e. The molecule has 0 spiro atoms. The summed E-state index contributed by atoms with van der Waals surface area (Å²) in [6, 6.07) is 9.68. The number of allylic oxidation sites excluding steroid dienone is 4. The lowest BCUT2D eigenvalue weighted by Crippen LogP contribution is -2.11. The Balaban J connectivity index is 2.76. The van der Waals surface area contributed by atoms with Crippen molar-refractivity contribution < 1.29 is 28.9 Å². The molecule has 0 aliphatic carbocycles. The molecule has 6 nitrogen and oxygen atoms in total. The third-order valence-corrected chi connectivity index (χ3v) is 2.42. The van der Waals surface area contributed by atoms with Crippen LogP contribution in [0, 0.1) is 0 Å². The van der Waals surface area contributed by atoms with E-state index in [1.54, 1.807) is 13.0 Å². The normalized spacial score (nSPS) is 12.1. The van der Waals surface area contributed by atoms with Gasteiger partial charge in [-0.15, -0.1) is 0 Å². The van der Waals surface area contributed by atoms with E-state index in [0.29, 0.717) is 0 Å². The Morgan fingerprint density at radius 2 is 1.87 bits per heavy atom. The Labute approximate surface area is 134 Å². The van der Waals surface area contributed by atoms with Gasteiger partial charge in [0.05, 0.1) is 6.61 Å². The van der Waals surface area contributed by atoms with E-state index in [9.17, 15) is 9.59 Å². The second-order valence-corrected chi connectivity index (χ2v) is 4.30. The highest BCUT2D eigenvalue weighted by atomic mass is 16.8. The highest BCUT2D eigenvalue weighted by molar-refractivity contribution is 5.63. The van der Waals surface area contributed by atoms with Crippen LogP contribution in [0.3, 0.4) is 0 Å². The zero-order valence-corrected chi connectivity index (χ0v) is 12.9. The van der Waals surface area contributed by atoms with Crippen LogP contribution in [-0.2, 0) is 14.2 Å². The van der Waals surface area contributed by atoms with Crippen molar-refractivity contribution in [3.05, 3.63) is 65.6 Å². The Hall–Kier alpha value is -3.02. The number of benzene rings is 1. The number of carbonyl (C=O) groups excluding carboxylic acids is 1. The Morgan fingerprint density at radius 1 is 1.17 bits per heavy atom. The summed E-state index contributed by atoms with van der Waals surface area (Å²) in [4.78, 5) is 21.7. The average molecular weight is 318 g/mol. The molecule has 0 saturated heterocycles. The first-order valence-electron chi connectivity index (χ1n) is 6.88. The minimum Gasteiger partial charge on any atom is -0.449 e. The lowest BCUT2D eigenvalue weighted by Gasteiger charge is -2.05. The first-order valence-corrected chi connectivity index (χ1v) is 6.88. The van der Waals surface area contributed by atoms with E-state index in [1.165, 1.54) is 12.2 Å². The maximum absolute atomic E-state index is 11.2. The maximum atomic E-state index is 11.2. The molecule has 0 bridgehead atoms. The first-order chi connectivity index (χ1) is 11.0. The summed E-state index contributed by atoms with van der Waals surface area (Å²) in [5, 5.41) is 8.60. The summed E-state index contributed by atoms with van der Waals surface area (Å²) in [5.74, 6) is -0.486. The van der Waals surface area contributed by atoms with Crippen molar-refractivity contribution >= 4 is 18.4 Å². The predicted octanol–water partition coefficient (Wildman–Crippen LogP) is 4.36. The number of ether oxygens (including phenoxy) is 3. The summed E-state index contributed by atoms with van der Waals surface area (Å²) in [6.07, 6.45) is 3.75. The second-order valence-electron chi connectivity index (χ2n) is 4.30. The fraction of sp³-hybridized carbons (Fsp3) is 0.176. The van der Waals surface area contributed by atoms with Gasteiger partial charge in [0, 0.05) is 6.08 Å². The van der Waals surface area contributed by atoms with Crippen molar-refractivity contribution in [1.29, 1.82) is 0 Å². The summed E-state index contributed by atoms with van der Waals surface area (Å²) in [7, 11) is 0. The van der Waals surface area contributed by atoms with Gasteiger partial charge in [0.15, 0.2) is 0 Å². The molecule has 1 aromatic carbocycles. The molecule has 1 rings (SSSR count). The number of hydrogen-bond acceptors (Lipinski definition) is 5. The average Bonchev–Trinajstić information content (AvgIpc) is 2.47. The molecule has 0 radical (unpaired) electrons. The minimum atomic E-state index is -1.59.